The quantitative estimate of drug-likeness (QED) is 0.871. The summed E-state index contributed by atoms with van der Waals surface area (Å²) >= 11 is 4.87. The summed E-state index contributed by atoms with van der Waals surface area (Å²) in [6.45, 7) is 7.16. The Hall–Kier alpha value is -0.780. The molecule has 2 nitrogen and oxygen atoms in total. The molecule has 0 saturated heterocycles. The molecule has 0 amide bonds. The zero-order valence-electron chi connectivity index (χ0n) is 11.1. The Labute approximate surface area is 125 Å². The molecule has 0 aliphatic rings. The van der Waals surface area contributed by atoms with Crippen LogP contribution >= 0.6 is 27.3 Å². The minimum absolute atomic E-state index is 0.252. The van der Waals surface area contributed by atoms with Crippen molar-refractivity contribution in [1.82, 2.24) is 10.3 Å². The van der Waals surface area contributed by atoms with E-state index in [2.05, 4.69) is 40.1 Å². The summed E-state index contributed by atoms with van der Waals surface area (Å²) in [5.41, 5.74) is 1.98. The Morgan fingerprint density at radius 3 is 2.84 bits per heavy atom. The minimum atomic E-state index is -0.252. The molecule has 1 aromatic carbocycles. The lowest BCUT2D eigenvalue weighted by Gasteiger charge is -2.09. The van der Waals surface area contributed by atoms with Gasteiger partial charge >= 0.3 is 0 Å². The first-order valence-electron chi connectivity index (χ1n) is 6.19. The molecule has 2 rings (SSSR count). The lowest BCUT2D eigenvalue weighted by Crippen LogP contribution is -2.17. The van der Waals surface area contributed by atoms with Gasteiger partial charge in [-0.15, -0.1) is 11.3 Å². The third-order valence-electron chi connectivity index (χ3n) is 2.90. The van der Waals surface area contributed by atoms with Crippen LogP contribution in [0.1, 0.15) is 30.5 Å². The van der Waals surface area contributed by atoms with E-state index >= 15 is 0 Å². The molecule has 0 aliphatic carbocycles. The van der Waals surface area contributed by atoms with Crippen LogP contribution in [0.25, 0.3) is 10.6 Å². The van der Waals surface area contributed by atoms with Crippen LogP contribution < -0.4 is 5.32 Å². The Morgan fingerprint density at radius 1 is 1.47 bits per heavy atom. The molecular weight excluding hydrogens is 327 g/mol. The molecule has 1 unspecified atom stereocenters. The van der Waals surface area contributed by atoms with E-state index in [0.717, 1.165) is 22.8 Å². The molecule has 1 atom stereocenters. The van der Waals surface area contributed by atoms with Crippen LogP contribution in [0, 0.1) is 12.7 Å². The summed E-state index contributed by atoms with van der Waals surface area (Å²) in [6.07, 6.45) is 0. The van der Waals surface area contributed by atoms with Crippen LogP contribution in [0.2, 0.25) is 0 Å². The maximum Gasteiger partial charge on any atom is 0.137 e. The van der Waals surface area contributed by atoms with Gasteiger partial charge in [-0.2, -0.15) is 0 Å². The van der Waals surface area contributed by atoms with Crippen molar-refractivity contribution in [1.29, 1.82) is 0 Å². The van der Waals surface area contributed by atoms with Crippen LogP contribution in [0.3, 0.4) is 0 Å². The fourth-order valence-corrected chi connectivity index (χ4v) is 3.43. The van der Waals surface area contributed by atoms with Crippen LogP contribution in [0.5, 0.6) is 0 Å². The van der Waals surface area contributed by atoms with Gasteiger partial charge in [-0.3, -0.25) is 0 Å². The molecule has 0 radical (unpaired) electrons. The lowest BCUT2D eigenvalue weighted by atomic mass is 10.2. The zero-order valence-corrected chi connectivity index (χ0v) is 13.5. The molecule has 102 valence electrons. The molecule has 0 fully saturated rings. The van der Waals surface area contributed by atoms with Gasteiger partial charge in [-0.05, 0) is 54.5 Å². The number of aryl methyl sites for hydroxylation is 1. The van der Waals surface area contributed by atoms with Crippen molar-refractivity contribution in [2.75, 3.05) is 6.54 Å². The van der Waals surface area contributed by atoms with Crippen LogP contribution in [0.4, 0.5) is 4.39 Å². The number of halogens is 2. The number of thiazole rings is 1. The predicted molar refractivity (Wildman–Crippen MR) is 82.0 cm³/mol. The van der Waals surface area contributed by atoms with Crippen molar-refractivity contribution in [2.45, 2.75) is 26.8 Å². The number of rotatable bonds is 4. The molecule has 0 spiro atoms. The van der Waals surface area contributed by atoms with Gasteiger partial charge in [0.15, 0.2) is 0 Å². The van der Waals surface area contributed by atoms with Crippen molar-refractivity contribution in [3.8, 4) is 10.6 Å². The van der Waals surface area contributed by atoms with Gasteiger partial charge in [0.25, 0.3) is 0 Å². The number of nitrogens with zero attached hydrogens (tertiary/aromatic N) is 1. The molecule has 0 bridgehead atoms. The molecule has 5 heteroatoms. The van der Waals surface area contributed by atoms with E-state index in [1.54, 1.807) is 23.5 Å². The molecule has 0 saturated carbocycles. The van der Waals surface area contributed by atoms with E-state index in [1.807, 2.05) is 6.92 Å². The second-order valence-electron chi connectivity index (χ2n) is 4.38. The third-order valence-corrected chi connectivity index (χ3v) is 4.90. The predicted octanol–water partition coefficient (Wildman–Crippen LogP) is 4.69. The highest BCUT2D eigenvalue weighted by Gasteiger charge is 2.15. The molecule has 1 N–H and O–H groups in total. The Kier molecular flexibility index (Phi) is 4.71. The Bertz CT molecular complexity index is 583. The SMILES string of the molecule is CCNC(C)c1sc(-c2ccc(F)c(Br)c2)nc1C. The maximum atomic E-state index is 13.3. The summed E-state index contributed by atoms with van der Waals surface area (Å²) in [4.78, 5) is 5.82. The number of hydrogen-bond donors (Lipinski definition) is 1. The average Bonchev–Trinajstić information content (AvgIpc) is 2.75. The number of benzene rings is 1. The van der Waals surface area contributed by atoms with Crippen molar-refractivity contribution >= 4 is 27.3 Å². The van der Waals surface area contributed by atoms with Crippen molar-refractivity contribution in [2.24, 2.45) is 0 Å². The minimum Gasteiger partial charge on any atom is -0.310 e. The van der Waals surface area contributed by atoms with E-state index in [0.29, 0.717) is 10.5 Å². The molecular formula is C14H16BrFN2S. The first-order chi connectivity index (χ1) is 9.02. The Morgan fingerprint density at radius 2 is 2.21 bits per heavy atom. The first kappa shape index (κ1) is 14.6. The summed E-state index contributed by atoms with van der Waals surface area (Å²) in [7, 11) is 0. The van der Waals surface area contributed by atoms with Crippen LogP contribution in [0.15, 0.2) is 22.7 Å². The number of aromatic nitrogens is 1. The van der Waals surface area contributed by atoms with Gasteiger partial charge in [0.2, 0.25) is 0 Å². The molecule has 1 heterocycles. The van der Waals surface area contributed by atoms with Gasteiger partial charge < -0.3 is 5.32 Å². The molecule has 1 aromatic heterocycles. The fraction of sp³-hybridized carbons (Fsp3) is 0.357. The topological polar surface area (TPSA) is 24.9 Å². The lowest BCUT2D eigenvalue weighted by molar-refractivity contribution is 0.603. The van der Waals surface area contributed by atoms with Gasteiger partial charge in [0.1, 0.15) is 10.8 Å². The van der Waals surface area contributed by atoms with E-state index in [4.69, 9.17) is 0 Å². The normalized spacial score (nSPS) is 12.7. The van der Waals surface area contributed by atoms with Gasteiger partial charge in [0, 0.05) is 16.5 Å². The highest BCUT2D eigenvalue weighted by atomic mass is 79.9. The largest absolute Gasteiger partial charge is 0.310 e. The zero-order chi connectivity index (χ0) is 14.0. The summed E-state index contributed by atoms with van der Waals surface area (Å²) in [5, 5.41) is 4.32. The second-order valence-corrected chi connectivity index (χ2v) is 6.26. The van der Waals surface area contributed by atoms with Gasteiger partial charge in [-0.1, -0.05) is 6.92 Å². The number of hydrogen-bond acceptors (Lipinski definition) is 3. The third kappa shape index (κ3) is 3.22. The summed E-state index contributed by atoms with van der Waals surface area (Å²) < 4.78 is 13.7. The second kappa shape index (κ2) is 6.11. The average molecular weight is 343 g/mol. The van der Waals surface area contributed by atoms with Crippen molar-refractivity contribution in [3.63, 3.8) is 0 Å². The van der Waals surface area contributed by atoms with E-state index in [1.165, 1.54) is 10.9 Å². The van der Waals surface area contributed by atoms with E-state index in [-0.39, 0.29) is 5.82 Å². The summed E-state index contributed by atoms with van der Waals surface area (Å²) in [6, 6.07) is 5.29. The monoisotopic (exact) mass is 342 g/mol. The van der Waals surface area contributed by atoms with E-state index in [9.17, 15) is 4.39 Å². The van der Waals surface area contributed by atoms with E-state index < -0.39 is 0 Å². The Balaban J connectivity index is 2.36. The van der Waals surface area contributed by atoms with Crippen molar-refractivity contribution < 1.29 is 4.39 Å². The van der Waals surface area contributed by atoms with Gasteiger partial charge in [-0.25, -0.2) is 9.37 Å². The van der Waals surface area contributed by atoms with Gasteiger partial charge in [0.05, 0.1) is 10.2 Å². The van der Waals surface area contributed by atoms with Crippen LogP contribution in [-0.2, 0) is 0 Å². The van der Waals surface area contributed by atoms with Crippen molar-refractivity contribution in [3.05, 3.63) is 39.1 Å². The molecule has 19 heavy (non-hydrogen) atoms. The highest BCUT2D eigenvalue weighted by molar-refractivity contribution is 9.10. The highest BCUT2D eigenvalue weighted by Crippen LogP contribution is 2.33. The molecule has 2 aromatic rings. The fourth-order valence-electron chi connectivity index (χ4n) is 1.96. The maximum absolute atomic E-state index is 13.3. The smallest absolute Gasteiger partial charge is 0.137 e. The summed E-state index contributed by atoms with van der Waals surface area (Å²) in [5.74, 6) is -0.252. The number of nitrogens with one attached hydrogen (secondary N) is 1. The molecule has 0 aliphatic heterocycles. The first-order valence-corrected chi connectivity index (χ1v) is 7.80. The standard InChI is InChI=1S/C14H16BrFN2S/c1-4-17-8(2)13-9(3)18-14(19-13)10-5-6-12(16)11(15)7-10/h5-8,17H,4H2,1-3H3. The van der Waals surface area contributed by atoms with Crippen LogP contribution in [-0.4, -0.2) is 11.5 Å².